The van der Waals surface area contributed by atoms with E-state index in [9.17, 15) is 13.2 Å². The van der Waals surface area contributed by atoms with Crippen molar-refractivity contribution in [3.8, 4) is 11.3 Å². The van der Waals surface area contributed by atoms with Crippen LogP contribution in [-0.4, -0.2) is 20.4 Å². The fourth-order valence-electron chi connectivity index (χ4n) is 1.60. The van der Waals surface area contributed by atoms with Crippen molar-refractivity contribution >= 4 is 0 Å². The standard InChI is InChI=1S/C11H9F3N2O2/c12-11(13,14)8-2-1-6(10(17)18)5-7(8)9-3-4-15-16-9/h1-5,10,17-18H,(H,15,16). The molecule has 0 aliphatic carbocycles. The molecule has 96 valence electrons. The summed E-state index contributed by atoms with van der Waals surface area (Å²) in [7, 11) is 0. The van der Waals surface area contributed by atoms with Crippen molar-refractivity contribution < 1.29 is 23.4 Å². The molecule has 1 aromatic carbocycles. The molecule has 2 rings (SSSR count). The van der Waals surface area contributed by atoms with E-state index in [1.54, 1.807) is 0 Å². The van der Waals surface area contributed by atoms with E-state index in [1.165, 1.54) is 12.3 Å². The van der Waals surface area contributed by atoms with E-state index >= 15 is 0 Å². The molecule has 0 aliphatic heterocycles. The Labute approximate surface area is 99.7 Å². The number of aromatic nitrogens is 2. The van der Waals surface area contributed by atoms with Crippen LogP contribution in [0.4, 0.5) is 13.2 Å². The van der Waals surface area contributed by atoms with E-state index in [0.29, 0.717) is 0 Å². The van der Waals surface area contributed by atoms with Crippen molar-refractivity contribution in [1.29, 1.82) is 0 Å². The smallest absolute Gasteiger partial charge is 0.364 e. The molecule has 0 radical (unpaired) electrons. The topological polar surface area (TPSA) is 69.1 Å². The van der Waals surface area contributed by atoms with Crippen LogP contribution in [0.2, 0.25) is 0 Å². The number of nitrogens with one attached hydrogen (secondary N) is 1. The van der Waals surface area contributed by atoms with Gasteiger partial charge < -0.3 is 10.2 Å². The first-order chi connectivity index (χ1) is 8.39. The molecular formula is C11H9F3N2O2. The van der Waals surface area contributed by atoms with Crippen molar-refractivity contribution in [2.45, 2.75) is 12.5 Å². The number of aliphatic hydroxyl groups is 2. The fourth-order valence-corrected chi connectivity index (χ4v) is 1.60. The van der Waals surface area contributed by atoms with Crippen LogP contribution in [0.3, 0.4) is 0 Å². The van der Waals surface area contributed by atoms with E-state index in [2.05, 4.69) is 10.2 Å². The third kappa shape index (κ3) is 2.36. The number of halogens is 3. The van der Waals surface area contributed by atoms with Gasteiger partial charge in [-0.25, -0.2) is 0 Å². The van der Waals surface area contributed by atoms with Crippen molar-refractivity contribution in [2.75, 3.05) is 0 Å². The molecule has 0 bridgehead atoms. The maximum Gasteiger partial charge on any atom is 0.417 e. The lowest BCUT2D eigenvalue weighted by atomic mass is 10.0. The number of rotatable bonds is 2. The highest BCUT2D eigenvalue weighted by Crippen LogP contribution is 2.37. The second kappa shape index (κ2) is 4.43. The molecule has 0 spiro atoms. The van der Waals surface area contributed by atoms with Crippen molar-refractivity contribution in [3.63, 3.8) is 0 Å². The Morgan fingerprint density at radius 1 is 1.17 bits per heavy atom. The molecule has 0 fully saturated rings. The van der Waals surface area contributed by atoms with Gasteiger partial charge in [0.15, 0.2) is 6.29 Å². The Bertz CT molecular complexity index is 536. The van der Waals surface area contributed by atoms with Gasteiger partial charge in [0.05, 0.1) is 11.3 Å². The molecule has 4 nitrogen and oxygen atoms in total. The monoisotopic (exact) mass is 258 g/mol. The second-order valence-corrected chi connectivity index (χ2v) is 3.65. The molecule has 2 aromatic rings. The predicted molar refractivity (Wildman–Crippen MR) is 56.2 cm³/mol. The van der Waals surface area contributed by atoms with Crippen LogP contribution in [0.1, 0.15) is 17.4 Å². The van der Waals surface area contributed by atoms with Crippen LogP contribution in [0, 0.1) is 0 Å². The Morgan fingerprint density at radius 2 is 1.89 bits per heavy atom. The minimum Gasteiger partial charge on any atom is -0.364 e. The molecule has 0 saturated heterocycles. The van der Waals surface area contributed by atoms with Gasteiger partial charge in [-0.2, -0.15) is 18.3 Å². The van der Waals surface area contributed by atoms with Crippen LogP contribution < -0.4 is 0 Å². The van der Waals surface area contributed by atoms with E-state index in [-0.39, 0.29) is 16.8 Å². The van der Waals surface area contributed by atoms with Gasteiger partial charge in [0.25, 0.3) is 0 Å². The number of hydrogen-bond acceptors (Lipinski definition) is 3. The highest BCUT2D eigenvalue weighted by Gasteiger charge is 2.34. The Balaban J connectivity index is 2.62. The lowest BCUT2D eigenvalue weighted by Gasteiger charge is -2.14. The summed E-state index contributed by atoms with van der Waals surface area (Å²) in [4.78, 5) is 0. The highest BCUT2D eigenvalue weighted by molar-refractivity contribution is 5.65. The van der Waals surface area contributed by atoms with Gasteiger partial charge in [-0.05, 0) is 18.2 Å². The summed E-state index contributed by atoms with van der Waals surface area (Å²) < 4.78 is 38.4. The maximum atomic E-state index is 12.8. The third-order valence-electron chi connectivity index (χ3n) is 2.44. The van der Waals surface area contributed by atoms with Gasteiger partial charge in [0, 0.05) is 17.3 Å². The van der Waals surface area contributed by atoms with E-state index < -0.39 is 18.0 Å². The summed E-state index contributed by atoms with van der Waals surface area (Å²) in [6.45, 7) is 0. The van der Waals surface area contributed by atoms with E-state index in [0.717, 1.165) is 18.2 Å². The summed E-state index contributed by atoms with van der Waals surface area (Å²) in [5.74, 6) is 0. The summed E-state index contributed by atoms with van der Waals surface area (Å²) in [5.41, 5.74) is -0.904. The van der Waals surface area contributed by atoms with Gasteiger partial charge in [0.1, 0.15) is 0 Å². The molecule has 7 heteroatoms. The van der Waals surface area contributed by atoms with Gasteiger partial charge in [-0.3, -0.25) is 5.10 Å². The van der Waals surface area contributed by atoms with Gasteiger partial charge >= 0.3 is 6.18 Å². The Kier molecular flexibility index (Phi) is 3.10. The first kappa shape index (κ1) is 12.6. The molecular weight excluding hydrogens is 249 g/mol. The number of benzene rings is 1. The van der Waals surface area contributed by atoms with Crippen molar-refractivity contribution in [1.82, 2.24) is 10.2 Å². The SMILES string of the molecule is OC(O)c1ccc(C(F)(F)F)c(-c2ccn[nH]2)c1. The molecule has 1 heterocycles. The number of aliphatic hydroxyl groups excluding tert-OH is 1. The van der Waals surface area contributed by atoms with Crippen molar-refractivity contribution in [2.24, 2.45) is 0 Å². The normalized spacial score (nSPS) is 12.1. The van der Waals surface area contributed by atoms with Crippen molar-refractivity contribution in [3.05, 3.63) is 41.6 Å². The number of hydrogen-bond donors (Lipinski definition) is 3. The number of nitrogens with zero attached hydrogens (tertiary/aromatic N) is 1. The molecule has 18 heavy (non-hydrogen) atoms. The lowest BCUT2D eigenvalue weighted by molar-refractivity contribution is -0.137. The summed E-state index contributed by atoms with van der Waals surface area (Å²) in [6.07, 6.45) is -5.04. The number of aromatic amines is 1. The molecule has 0 amide bonds. The summed E-state index contributed by atoms with van der Waals surface area (Å²) in [6, 6.07) is 4.28. The molecule has 0 aliphatic rings. The minimum atomic E-state index is -4.53. The molecule has 1 aromatic heterocycles. The van der Waals surface area contributed by atoms with Gasteiger partial charge in [0.2, 0.25) is 0 Å². The lowest BCUT2D eigenvalue weighted by Crippen LogP contribution is -2.08. The zero-order chi connectivity index (χ0) is 13.3. The van der Waals surface area contributed by atoms with Crippen LogP contribution in [0.5, 0.6) is 0 Å². The molecule has 3 N–H and O–H groups in total. The zero-order valence-electron chi connectivity index (χ0n) is 8.94. The number of H-pyrrole nitrogens is 1. The first-order valence-corrected chi connectivity index (χ1v) is 4.96. The average molecular weight is 258 g/mol. The van der Waals surface area contributed by atoms with Crippen LogP contribution >= 0.6 is 0 Å². The zero-order valence-corrected chi connectivity index (χ0v) is 8.94. The van der Waals surface area contributed by atoms with Crippen LogP contribution in [-0.2, 0) is 6.18 Å². The fraction of sp³-hybridized carbons (Fsp3) is 0.182. The summed E-state index contributed by atoms with van der Waals surface area (Å²) in [5, 5.41) is 24.0. The third-order valence-corrected chi connectivity index (χ3v) is 2.44. The first-order valence-electron chi connectivity index (χ1n) is 4.96. The summed E-state index contributed by atoms with van der Waals surface area (Å²) >= 11 is 0. The molecule has 0 unspecified atom stereocenters. The van der Waals surface area contributed by atoms with E-state index in [4.69, 9.17) is 10.2 Å². The second-order valence-electron chi connectivity index (χ2n) is 3.65. The largest absolute Gasteiger partial charge is 0.417 e. The maximum absolute atomic E-state index is 12.8. The number of alkyl halides is 3. The quantitative estimate of drug-likeness (QED) is 0.722. The highest BCUT2D eigenvalue weighted by atomic mass is 19.4. The average Bonchev–Trinajstić information content (AvgIpc) is 2.80. The predicted octanol–water partition coefficient (Wildman–Crippen LogP) is 2.08. The van der Waals surface area contributed by atoms with Gasteiger partial charge in [-0.15, -0.1) is 0 Å². The van der Waals surface area contributed by atoms with Crippen LogP contribution in [0.25, 0.3) is 11.3 Å². The minimum absolute atomic E-state index is 0.0207. The van der Waals surface area contributed by atoms with Gasteiger partial charge in [-0.1, -0.05) is 6.07 Å². The molecule has 0 saturated carbocycles. The molecule has 0 atom stereocenters. The van der Waals surface area contributed by atoms with E-state index in [1.807, 2.05) is 0 Å². The van der Waals surface area contributed by atoms with Crippen LogP contribution in [0.15, 0.2) is 30.5 Å². The Morgan fingerprint density at radius 3 is 2.39 bits per heavy atom. The Hall–Kier alpha value is -1.86.